The van der Waals surface area contributed by atoms with Crippen molar-refractivity contribution in [1.29, 1.82) is 0 Å². The molecular formula is C33H35FN4O5. The number of methoxy groups -OCH3 is 1. The van der Waals surface area contributed by atoms with E-state index in [1.165, 1.54) is 30.2 Å². The summed E-state index contributed by atoms with van der Waals surface area (Å²) in [7, 11) is 1.54. The SMILES string of the molecule is COc1ccc2cc1OCC(=O)N[C@@H]1CN(Cc3cccc4[nH]ccc34)CC[C@H]1Oc1cc(F)cc(c1)CNC(=O)CC2. The van der Waals surface area contributed by atoms with Crippen molar-refractivity contribution >= 4 is 22.7 Å². The van der Waals surface area contributed by atoms with Crippen molar-refractivity contribution in [2.24, 2.45) is 0 Å². The Kier molecular flexibility index (Phi) is 8.46. The Balaban J connectivity index is 1.26. The smallest absolute Gasteiger partial charge is 0.258 e. The first-order valence-corrected chi connectivity index (χ1v) is 14.5. The van der Waals surface area contributed by atoms with Crippen LogP contribution in [0.25, 0.3) is 10.9 Å². The number of hydrogen-bond donors (Lipinski definition) is 3. The average molecular weight is 587 g/mol. The molecule has 0 unspecified atom stereocenters. The second-order valence-electron chi connectivity index (χ2n) is 11.1. The lowest BCUT2D eigenvalue weighted by Crippen LogP contribution is -2.57. The van der Waals surface area contributed by atoms with Gasteiger partial charge in [0.25, 0.3) is 5.91 Å². The minimum absolute atomic E-state index is 0.159. The van der Waals surface area contributed by atoms with Gasteiger partial charge in [0.2, 0.25) is 5.91 Å². The van der Waals surface area contributed by atoms with Crippen LogP contribution >= 0.6 is 0 Å². The molecule has 4 bridgehead atoms. The van der Waals surface area contributed by atoms with Gasteiger partial charge in [-0.3, -0.25) is 14.5 Å². The van der Waals surface area contributed by atoms with E-state index < -0.39 is 11.9 Å². The molecule has 2 atom stereocenters. The summed E-state index contributed by atoms with van der Waals surface area (Å²) in [6.07, 6.45) is 2.86. The van der Waals surface area contributed by atoms with Crippen molar-refractivity contribution in [2.75, 3.05) is 26.8 Å². The monoisotopic (exact) mass is 586 g/mol. The van der Waals surface area contributed by atoms with Gasteiger partial charge in [-0.25, -0.2) is 4.39 Å². The van der Waals surface area contributed by atoms with Gasteiger partial charge in [0.15, 0.2) is 18.1 Å². The molecule has 6 rings (SSSR count). The van der Waals surface area contributed by atoms with Gasteiger partial charge in [0.1, 0.15) is 17.7 Å². The Morgan fingerprint density at radius 2 is 1.93 bits per heavy atom. The summed E-state index contributed by atoms with van der Waals surface area (Å²) in [5, 5.41) is 7.15. The number of fused-ring (bicyclic) bond motifs is 6. The van der Waals surface area contributed by atoms with E-state index in [0.717, 1.165) is 17.6 Å². The number of H-pyrrole nitrogens is 1. The summed E-state index contributed by atoms with van der Waals surface area (Å²) < 4.78 is 32.3. The third-order valence-corrected chi connectivity index (χ3v) is 7.99. The van der Waals surface area contributed by atoms with Crippen LogP contribution in [0.15, 0.2) is 66.9 Å². The van der Waals surface area contributed by atoms with Crippen LogP contribution in [0.3, 0.4) is 0 Å². The lowest BCUT2D eigenvalue weighted by molar-refractivity contribution is -0.125. The summed E-state index contributed by atoms with van der Waals surface area (Å²) in [5.74, 6) is 0.373. The number of nitrogens with one attached hydrogen (secondary N) is 3. The Bertz CT molecular complexity index is 1620. The fourth-order valence-corrected chi connectivity index (χ4v) is 5.84. The summed E-state index contributed by atoms with van der Waals surface area (Å²) in [5.41, 5.74) is 3.74. The molecule has 43 heavy (non-hydrogen) atoms. The van der Waals surface area contributed by atoms with E-state index in [2.05, 4.69) is 32.7 Å². The quantitative estimate of drug-likeness (QED) is 0.334. The van der Waals surface area contributed by atoms with Crippen molar-refractivity contribution in [3.05, 3.63) is 89.4 Å². The van der Waals surface area contributed by atoms with Crippen LogP contribution < -0.4 is 24.8 Å². The number of benzene rings is 3. The van der Waals surface area contributed by atoms with E-state index in [9.17, 15) is 14.0 Å². The highest BCUT2D eigenvalue weighted by atomic mass is 19.1. The summed E-state index contributed by atoms with van der Waals surface area (Å²) >= 11 is 0. The highest BCUT2D eigenvalue weighted by molar-refractivity contribution is 5.83. The third kappa shape index (κ3) is 6.91. The zero-order valence-electron chi connectivity index (χ0n) is 24.0. The molecule has 3 N–H and O–H groups in total. The largest absolute Gasteiger partial charge is 0.493 e. The van der Waals surface area contributed by atoms with Crippen molar-refractivity contribution in [1.82, 2.24) is 20.5 Å². The van der Waals surface area contributed by atoms with Gasteiger partial charge in [-0.2, -0.15) is 0 Å². The molecule has 0 radical (unpaired) electrons. The highest BCUT2D eigenvalue weighted by Crippen LogP contribution is 2.29. The molecule has 9 nitrogen and oxygen atoms in total. The summed E-state index contributed by atoms with van der Waals surface area (Å²) in [6.45, 7) is 1.92. The Morgan fingerprint density at radius 3 is 2.81 bits per heavy atom. The Morgan fingerprint density at radius 1 is 1.02 bits per heavy atom. The van der Waals surface area contributed by atoms with Crippen LogP contribution in [0.2, 0.25) is 0 Å². The fraction of sp³-hybridized carbons (Fsp3) is 0.333. The first-order valence-electron chi connectivity index (χ1n) is 14.5. The summed E-state index contributed by atoms with van der Waals surface area (Å²) in [4.78, 5) is 31.4. The van der Waals surface area contributed by atoms with Gasteiger partial charge < -0.3 is 29.8 Å². The van der Waals surface area contributed by atoms with Crippen LogP contribution in [0, 0.1) is 5.82 Å². The maximum atomic E-state index is 14.6. The van der Waals surface area contributed by atoms with E-state index >= 15 is 0 Å². The molecule has 0 saturated carbocycles. The van der Waals surface area contributed by atoms with Crippen molar-refractivity contribution in [3.63, 3.8) is 0 Å². The molecule has 10 heteroatoms. The number of aromatic nitrogens is 1. The van der Waals surface area contributed by atoms with E-state index in [1.807, 2.05) is 24.4 Å². The Hall–Kier alpha value is -4.57. The Labute approximate surface area is 249 Å². The molecule has 4 aromatic rings. The second-order valence-corrected chi connectivity index (χ2v) is 11.1. The zero-order valence-corrected chi connectivity index (χ0v) is 24.0. The lowest BCUT2D eigenvalue weighted by Gasteiger charge is -2.39. The predicted octanol–water partition coefficient (Wildman–Crippen LogP) is 4.10. The van der Waals surface area contributed by atoms with E-state index in [0.29, 0.717) is 48.7 Å². The maximum Gasteiger partial charge on any atom is 0.258 e. The fourth-order valence-electron chi connectivity index (χ4n) is 5.84. The highest BCUT2D eigenvalue weighted by Gasteiger charge is 2.33. The average Bonchev–Trinajstić information content (AvgIpc) is 3.49. The van der Waals surface area contributed by atoms with Crippen LogP contribution in [-0.2, 0) is 29.1 Å². The molecule has 2 aliphatic rings. The number of amides is 2. The molecule has 0 spiro atoms. The molecule has 224 valence electrons. The van der Waals surface area contributed by atoms with E-state index in [-0.39, 0.29) is 37.4 Å². The molecule has 2 aliphatic heterocycles. The molecule has 2 amide bonds. The number of aromatic amines is 1. The number of carbonyl (C=O) groups excluding carboxylic acids is 2. The number of rotatable bonds is 3. The van der Waals surface area contributed by atoms with Crippen molar-refractivity contribution < 1.29 is 28.2 Å². The van der Waals surface area contributed by atoms with Gasteiger partial charge in [0.05, 0.1) is 13.2 Å². The van der Waals surface area contributed by atoms with Crippen LogP contribution in [0.4, 0.5) is 4.39 Å². The van der Waals surface area contributed by atoms with E-state index in [1.54, 1.807) is 18.2 Å². The van der Waals surface area contributed by atoms with Crippen LogP contribution in [0.1, 0.15) is 29.5 Å². The molecule has 3 heterocycles. The van der Waals surface area contributed by atoms with Crippen molar-refractivity contribution in [3.8, 4) is 17.2 Å². The van der Waals surface area contributed by atoms with Gasteiger partial charge in [0, 0.05) is 55.8 Å². The van der Waals surface area contributed by atoms with Crippen LogP contribution in [0.5, 0.6) is 17.2 Å². The third-order valence-electron chi connectivity index (χ3n) is 7.99. The van der Waals surface area contributed by atoms with E-state index in [4.69, 9.17) is 14.2 Å². The number of nitrogens with zero attached hydrogens (tertiary/aromatic N) is 1. The number of halogens is 1. The number of carbonyl (C=O) groups is 2. The number of piperidine rings is 1. The standard InChI is InChI=1S/C33H35FN4O5/c1-41-30-7-5-21-6-8-32(39)36-17-22-13-24(34)16-25(14-22)43-29-10-12-38(18-23-3-2-4-27-26(23)9-11-35-27)19-28(29)37-33(40)20-42-31(30)15-21/h2-5,7,9,11,13-16,28-29,35H,6,8,10,12,17-20H2,1H3,(H,36,39)(H,37,40)/t28-,29-/m1/s1. The second kappa shape index (κ2) is 12.7. The number of likely N-dealkylation sites (tertiary alicyclic amines) is 1. The molecule has 3 aromatic carbocycles. The van der Waals surface area contributed by atoms with Gasteiger partial charge in [-0.15, -0.1) is 0 Å². The number of ether oxygens (including phenoxy) is 3. The molecule has 1 fully saturated rings. The normalized spacial score (nSPS) is 20.0. The maximum absolute atomic E-state index is 14.6. The number of hydrogen-bond acceptors (Lipinski definition) is 6. The molecule has 1 saturated heterocycles. The predicted molar refractivity (Wildman–Crippen MR) is 160 cm³/mol. The van der Waals surface area contributed by atoms with Crippen LogP contribution in [-0.4, -0.2) is 60.7 Å². The first kappa shape index (κ1) is 28.5. The minimum atomic E-state index is -0.451. The summed E-state index contributed by atoms with van der Waals surface area (Å²) in [6, 6.07) is 17.8. The van der Waals surface area contributed by atoms with Crippen molar-refractivity contribution in [2.45, 2.75) is 44.5 Å². The molecular weight excluding hydrogens is 551 g/mol. The van der Waals surface area contributed by atoms with Gasteiger partial charge in [-0.1, -0.05) is 18.2 Å². The first-order chi connectivity index (χ1) is 20.9. The van der Waals surface area contributed by atoms with Gasteiger partial charge in [-0.05, 0) is 65.9 Å². The topological polar surface area (TPSA) is 105 Å². The number of aryl methyl sites for hydroxylation is 1. The van der Waals surface area contributed by atoms with Gasteiger partial charge >= 0.3 is 0 Å². The lowest BCUT2D eigenvalue weighted by atomic mass is 10.00. The minimum Gasteiger partial charge on any atom is -0.493 e. The zero-order chi connectivity index (χ0) is 29.8. The molecule has 1 aromatic heterocycles. The molecule has 0 aliphatic carbocycles.